The number of nitrogens with one attached hydrogen (secondary N) is 3. The van der Waals surface area contributed by atoms with E-state index in [1.165, 1.54) is 0 Å². The summed E-state index contributed by atoms with van der Waals surface area (Å²) in [5, 5.41) is 10.9. The Morgan fingerprint density at radius 2 is 1.90 bits per heavy atom. The van der Waals surface area contributed by atoms with Gasteiger partial charge in [0, 0.05) is 17.0 Å². The van der Waals surface area contributed by atoms with Gasteiger partial charge in [-0.3, -0.25) is 0 Å². The molecule has 5 rings (SSSR count). The molecule has 0 bridgehead atoms. The highest BCUT2D eigenvalue weighted by Crippen LogP contribution is 2.48. The van der Waals surface area contributed by atoms with Gasteiger partial charge in [-0.2, -0.15) is 0 Å². The topological polar surface area (TPSA) is 100 Å². The minimum atomic E-state index is -2.87. The fourth-order valence-electron chi connectivity index (χ4n) is 5.16. The minimum absolute atomic E-state index is 0.171. The van der Waals surface area contributed by atoms with Crippen LogP contribution in [0, 0.1) is 0 Å². The molecule has 2 aliphatic heterocycles. The Kier molecular flexibility index (Phi) is 4.99. The largest absolute Gasteiger partial charge is 0.459 e. The number of amides is 2. The normalized spacial score (nSPS) is 23.2. The quantitative estimate of drug-likeness (QED) is 0.653. The summed E-state index contributed by atoms with van der Waals surface area (Å²) in [4.78, 5) is 12.4. The van der Waals surface area contributed by atoms with E-state index in [0.29, 0.717) is 30.1 Å². The van der Waals surface area contributed by atoms with Crippen molar-refractivity contribution in [1.82, 2.24) is 10.6 Å². The van der Waals surface area contributed by atoms with E-state index >= 15 is 0 Å². The van der Waals surface area contributed by atoms with E-state index in [9.17, 15) is 13.2 Å². The van der Waals surface area contributed by atoms with Crippen molar-refractivity contribution in [3.8, 4) is 0 Å². The van der Waals surface area contributed by atoms with Crippen LogP contribution in [0.1, 0.15) is 56.3 Å². The van der Waals surface area contributed by atoms with E-state index in [1.54, 1.807) is 0 Å². The molecule has 3 heterocycles. The van der Waals surface area contributed by atoms with Crippen LogP contribution in [-0.2, 0) is 21.9 Å². The average molecular weight is 452 g/mol. The van der Waals surface area contributed by atoms with Crippen molar-refractivity contribution < 1.29 is 17.6 Å². The van der Waals surface area contributed by atoms with Crippen molar-refractivity contribution in [3.63, 3.8) is 0 Å². The fourth-order valence-corrected chi connectivity index (χ4v) is 6.91. The highest BCUT2D eigenvalue weighted by Gasteiger charge is 2.43. The third-order valence-corrected chi connectivity index (χ3v) is 8.72. The van der Waals surface area contributed by atoms with Gasteiger partial charge in [0.05, 0.1) is 34.3 Å². The molecular weight excluding hydrogens is 426 g/mol. The number of carbonyl (C=O) groups is 1. The summed E-state index contributed by atoms with van der Waals surface area (Å²) in [6, 6.07) is 3.79. The summed E-state index contributed by atoms with van der Waals surface area (Å²) >= 11 is 6.57. The molecule has 7 nitrogen and oxygen atoms in total. The summed E-state index contributed by atoms with van der Waals surface area (Å²) < 4.78 is 29.5. The van der Waals surface area contributed by atoms with Crippen LogP contribution in [0.5, 0.6) is 0 Å². The van der Waals surface area contributed by atoms with E-state index in [1.807, 2.05) is 12.1 Å². The van der Waals surface area contributed by atoms with Crippen molar-refractivity contribution in [2.75, 3.05) is 16.8 Å². The van der Waals surface area contributed by atoms with Crippen molar-refractivity contribution in [1.29, 1.82) is 0 Å². The predicted molar refractivity (Wildman–Crippen MR) is 117 cm³/mol. The van der Waals surface area contributed by atoms with Gasteiger partial charge in [0.15, 0.2) is 0 Å². The number of sulfone groups is 1. The first kappa shape index (κ1) is 20.2. The molecule has 3 N–H and O–H groups in total. The molecule has 1 aliphatic carbocycles. The summed E-state index contributed by atoms with van der Waals surface area (Å²) in [5.74, 6) is 1.26. The summed E-state index contributed by atoms with van der Waals surface area (Å²) in [6.45, 7) is 0.526. The number of halogens is 1. The first-order chi connectivity index (χ1) is 14.4. The molecule has 2 fully saturated rings. The molecule has 0 atom stereocenters. The standard InChI is InChI=1S/C21H26ClN3O4S/c22-16-11-13-10-15(12-23-14-4-8-30(27,28)9-5-14)29-19(13)17-18(16)24-20(26)25-21(17)6-2-1-3-7-21/h10-11,14,23H,1-9,12H2,(H2,24,25,26). The van der Waals surface area contributed by atoms with Crippen molar-refractivity contribution >= 4 is 44.1 Å². The number of rotatable bonds is 3. The minimum Gasteiger partial charge on any atom is -0.459 e. The molecule has 1 aromatic heterocycles. The molecule has 2 aromatic rings. The number of urea groups is 1. The van der Waals surface area contributed by atoms with Gasteiger partial charge in [-0.25, -0.2) is 13.2 Å². The molecule has 9 heteroatoms. The second-order valence-corrected chi connectivity index (χ2v) is 11.5. The predicted octanol–water partition coefficient (Wildman–Crippen LogP) is 4.05. The van der Waals surface area contributed by atoms with Crippen LogP contribution < -0.4 is 16.0 Å². The molecule has 0 unspecified atom stereocenters. The lowest BCUT2D eigenvalue weighted by Gasteiger charge is -2.42. The van der Waals surface area contributed by atoms with Crippen LogP contribution in [0.2, 0.25) is 5.02 Å². The number of anilines is 1. The van der Waals surface area contributed by atoms with Crippen molar-refractivity contribution in [2.24, 2.45) is 0 Å². The second kappa shape index (κ2) is 7.43. The van der Waals surface area contributed by atoms with Crippen LogP contribution in [0.15, 0.2) is 16.5 Å². The number of furan rings is 1. The van der Waals surface area contributed by atoms with Crippen LogP contribution in [0.3, 0.4) is 0 Å². The molecule has 3 aliphatic rings. The highest BCUT2D eigenvalue weighted by molar-refractivity contribution is 7.91. The third kappa shape index (κ3) is 3.59. The maximum absolute atomic E-state index is 12.4. The van der Waals surface area contributed by atoms with E-state index < -0.39 is 15.4 Å². The number of benzene rings is 1. The van der Waals surface area contributed by atoms with Gasteiger partial charge in [0.2, 0.25) is 0 Å². The Morgan fingerprint density at radius 1 is 1.17 bits per heavy atom. The van der Waals surface area contributed by atoms with Gasteiger partial charge in [0.25, 0.3) is 0 Å². The number of carbonyl (C=O) groups excluding carboxylic acids is 1. The van der Waals surface area contributed by atoms with Crippen LogP contribution in [-0.4, -0.2) is 32.0 Å². The maximum atomic E-state index is 12.4. The average Bonchev–Trinajstić information content (AvgIpc) is 3.10. The first-order valence-corrected chi connectivity index (χ1v) is 12.8. The smallest absolute Gasteiger partial charge is 0.319 e. The Labute approximate surface area is 180 Å². The lowest BCUT2D eigenvalue weighted by atomic mass is 9.74. The number of hydrogen-bond acceptors (Lipinski definition) is 5. The Morgan fingerprint density at radius 3 is 2.63 bits per heavy atom. The fraction of sp³-hybridized carbons (Fsp3) is 0.571. The molecule has 30 heavy (non-hydrogen) atoms. The lowest BCUT2D eigenvalue weighted by molar-refractivity contribution is 0.209. The molecule has 1 spiro atoms. The number of fused-ring (bicyclic) bond motifs is 4. The Bertz CT molecular complexity index is 1090. The van der Waals surface area contributed by atoms with Crippen molar-refractivity contribution in [2.45, 2.75) is 63.1 Å². The zero-order chi connectivity index (χ0) is 20.9. The molecular formula is C21H26ClN3O4S. The Hall–Kier alpha value is -1.77. The van der Waals surface area contributed by atoms with Crippen LogP contribution in [0.25, 0.3) is 11.0 Å². The molecule has 2 amide bonds. The van der Waals surface area contributed by atoms with Gasteiger partial charge < -0.3 is 20.4 Å². The van der Waals surface area contributed by atoms with E-state index in [2.05, 4.69) is 16.0 Å². The third-order valence-electron chi connectivity index (χ3n) is 6.71. The van der Waals surface area contributed by atoms with Gasteiger partial charge in [0.1, 0.15) is 21.2 Å². The SMILES string of the molecule is O=C1Nc2c(Cl)cc3cc(CNC4CCS(=O)(=O)CC4)oc3c2C2(CCCCC2)N1. The molecule has 1 saturated carbocycles. The molecule has 1 saturated heterocycles. The molecule has 1 aromatic carbocycles. The highest BCUT2D eigenvalue weighted by atomic mass is 35.5. The van der Waals surface area contributed by atoms with E-state index in [-0.39, 0.29) is 23.6 Å². The molecule has 0 radical (unpaired) electrons. The van der Waals surface area contributed by atoms with Gasteiger partial charge in [-0.1, -0.05) is 30.9 Å². The Balaban J connectivity index is 1.46. The van der Waals surface area contributed by atoms with Gasteiger partial charge in [-0.05, 0) is 37.8 Å². The zero-order valence-electron chi connectivity index (χ0n) is 16.7. The molecule has 162 valence electrons. The van der Waals surface area contributed by atoms with Crippen molar-refractivity contribution in [3.05, 3.63) is 28.5 Å². The zero-order valence-corrected chi connectivity index (χ0v) is 18.3. The summed E-state index contributed by atoms with van der Waals surface area (Å²) in [5.41, 5.74) is 1.94. The van der Waals surface area contributed by atoms with E-state index in [4.69, 9.17) is 16.0 Å². The summed E-state index contributed by atoms with van der Waals surface area (Å²) in [6.07, 6.45) is 6.25. The van der Waals surface area contributed by atoms with Crippen LogP contribution in [0.4, 0.5) is 10.5 Å². The van der Waals surface area contributed by atoms with Crippen LogP contribution >= 0.6 is 11.6 Å². The maximum Gasteiger partial charge on any atom is 0.319 e. The van der Waals surface area contributed by atoms with Gasteiger partial charge >= 0.3 is 6.03 Å². The summed E-state index contributed by atoms with van der Waals surface area (Å²) in [7, 11) is -2.87. The monoisotopic (exact) mass is 451 g/mol. The lowest BCUT2D eigenvalue weighted by Crippen LogP contribution is -2.52. The second-order valence-electron chi connectivity index (χ2n) is 8.77. The number of hydrogen-bond donors (Lipinski definition) is 3. The first-order valence-electron chi connectivity index (χ1n) is 10.6. The van der Waals surface area contributed by atoms with Gasteiger partial charge in [-0.15, -0.1) is 0 Å². The van der Waals surface area contributed by atoms with E-state index in [0.717, 1.165) is 54.4 Å².